The van der Waals surface area contributed by atoms with Crippen molar-refractivity contribution in [2.45, 2.75) is 26.5 Å². The lowest BCUT2D eigenvalue weighted by atomic mass is 9.94. The molecule has 8 nitrogen and oxygen atoms in total. The highest BCUT2D eigenvalue weighted by atomic mass is 19.1. The summed E-state index contributed by atoms with van der Waals surface area (Å²) in [4.78, 5) is 18.0. The van der Waals surface area contributed by atoms with Gasteiger partial charge in [-0.05, 0) is 38.1 Å². The molecule has 5 rings (SSSR count). The molecular weight excluding hydrogens is 411 g/mol. The molecule has 1 aliphatic heterocycles. The summed E-state index contributed by atoms with van der Waals surface area (Å²) >= 11 is 0. The van der Waals surface area contributed by atoms with Gasteiger partial charge in [0, 0.05) is 42.7 Å². The fourth-order valence-corrected chi connectivity index (χ4v) is 4.11. The lowest BCUT2D eigenvalue weighted by Gasteiger charge is -2.20. The molecule has 0 spiro atoms. The normalized spacial score (nSPS) is 15.1. The number of rotatable bonds is 1. The van der Waals surface area contributed by atoms with Crippen molar-refractivity contribution in [1.82, 2.24) is 24.5 Å². The highest BCUT2D eigenvalue weighted by molar-refractivity contribution is 6.15. The molecular formula is C23H21FN6O2. The van der Waals surface area contributed by atoms with E-state index in [2.05, 4.69) is 15.2 Å². The van der Waals surface area contributed by atoms with Gasteiger partial charge >= 0.3 is 0 Å². The van der Waals surface area contributed by atoms with Crippen LogP contribution in [0.3, 0.4) is 0 Å². The van der Waals surface area contributed by atoms with Crippen LogP contribution in [0.25, 0.3) is 22.5 Å². The highest BCUT2D eigenvalue weighted by Crippen LogP contribution is 2.38. The Morgan fingerprint density at radius 2 is 2.00 bits per heavy atom. The molecule has 32 heavy (non-hydrogen) atoms. The molecule has 1 aliphatic rings. The zero-order valence-corrected chi connectivity index (χ0v) is 17.8. The predicted molar refractivity (Wildman–Crippen MR) is 117 cm³/mol. The van der Waals surface area contributed by atoms with Crippen molar-refractivity contribution in [2.75, 3.05) is 5.73 Å². The van der Waals surface area contributed by atoms with E-state index in [4.69, 9.17) is 10.5 Å². The molecule has 0 saturated carbocycles. The first kappa shape index (κ1) is 19.9. The molecule has 3 aromatic heterocycles. The highest BCUT2D eigenvalue weighted by Gasteiger charge is 2.28. The number of anilines is 1. The number of pyridine rings is 1. The van der Waals surface area contributed by atoms with Crippen LogP contribution < -0.4 is 10.5 Å². The van der Waals surface area contributed by atoms with Crippen molar-refractivity contribution < 1.29 is 13.9 Å². The second-order valence-corrected chi connectivity index (χ2v) is 7.72. The second kappa shape index (κ2) is 7.30. The number of fused-ring (bicyclic) bond motifs is 7. The molecule has 2 bridgehead atoms. The van der Waals surface area contributed by atoms with Crippen LogP contribution >= 0.6 is 0 Å². The zero-order chi connectivity index (χ0) is 22.6. The average Bonchev–Trinajstić information content (AvgIpc) is 3.37. The van der Waals surface area contributed by atoms with E-state index < -0.39 is 11.9 Å². The van der Waals surface area contributed by atoms with Crippen LogP contribution in [0.5, 0.6) is 5.75 Å². The smallest absolute Gasteiger partial charge is 0.200 e. The van der Waals surface area contributed by atoms with Gasteiger partial charge in [-0.1, -0.05) is 0 Å². The zero-order valence-electron chi connectivity index (χ0n) is 17.8. The van der Waals surface area contributed by atoms with Gasteiger partial charge in [0.25, 0.3) is 0 Å². The Hall–Kier alpha value is -4.01. The van der Waals surface area contributed by atoms with Gasteiger partial charge in [-0.2, -0.15) is 10.2 Å². The Bertz CT molecular complexity index is 1370. The van der Waals surface area contributed by atoms with Gasteiger partial charge in [0.05, 0.1) is 23.0 Å². The number of aromatic nitrogens is 5. The summed E-state index contributed by atoms with van der Waals surface area (Å²) in [5.74, 6) is -0.106. The molecule has 9 heteroatoms. The molecule has 0 amide bonds. The fraction of sp³-hybridized carbons (Fsp3) is 0.217. The van der Waals surface area contributed by atoms with Crippen LogP contribution in [0.1, 0.15) is 41.4 Å². The van der Waals surface area contributed by atoms with Crippen molar-refractivity contribution in [3.8, 4) is 28.3 Å². The summed E-state index contributed by atoms with van der Waals surface area (Å²) in [6.07, 6.45) is 4.23. The molecule has 0 aliphatic carbocycles. The fourth-order valence-electron chi connectivity index (χ4n) is 4.11. The first-order chi connectivity index (χ1) is 15.4. The number of nitrogens with two attached hydrogens (primary N) is 1. The van der Waals surface area contributed by atoms with Gasteiger partial charge in [-0.3, -0.25) is 14.2 Å². The van der Waals surface area contributed by atoms with Crippen molar-refractivity contribution in [2.24, 2.45) is 7.05 Å². The summed E-state index contributed by atoms with van der Waals surface area (Å²) in [6.45, 7) is 4.29. The number of nitrogen functional groups attached to an aromatic ring is 1. The van der Waals surface area contributed by atoms with E-state index in [0.29, 0.717) is 51.5 Å². The van der Waals surface area contributed by atoms with Crippen molar-refractivity contribution in [1.29, 1.82) is 0 Å². The maximum atomic E-state index is 14.2. The number of benzene rings is 1. The molecule has 2 N–H and O–H groups in total. The van der Waals surface area contributed by atoms with E-state index in [9.17, 15) is 9.18 Å². The molecule has 162 valence electrons. The summed E-state index contributed by atoms with van der Waals surface area (Å²) in [6, 6.07) is 6.09. The third kappa shape index (κ3) is 3.05. The maximum absolute atomic E-state index is 14.2. The van der Waals surface area contributed by atoms with Crippen LogP contribution in [0.15, 0.2) is 42.9 Å². The van der Waals surface area contributed by atoms with E-state index in [1.165, 1.54) is 12.1 Å². The van der Waals surface area contributed by atoms with Crippen molar-refractivity contribution in [3.05, 3.63) is 65.4 Å². The van der Waals surface area contributed by atoms with Gasteiger partial charge in [0.15, 0.2) is 11.6 Å². The number of halogens is 1. The monoisotopic (exact) mass is 432 g/mol. The third-order valence-corrected chi connectivity index (χ3v) is 5.62. The Morgan fingerprint density at radius 3 is 2.78 bits per heavy atom. The quantitative estimate of drug-likeness (QED) is 0.491. The Labute approximate surface area is 183 Å². The average molecular weight is 432 g/mol. The number of aryl methyl sites for hydroxylation is 2. The first-order valence-corrected chi connectivity index (χ1v) is 10.2. The van der Waals surface area contributed by atoms with Gasteiger partial charge in [0.2, 0.25) is 5.78 Å². The molecule has 0 unspecified atom stereocenters. The molecule has 0 saturated heterocycles. The van der Waals surface area contributed by atoms with Crippen LogP contribution in [-0.4, -0.2) is 30.3 Å². The van der Waals surface area contributed by atoms with E-state index in [1.54, 1.807) is 54.1 Å². The largest absolute Gasteiger partial charge is 0.482 e. The molecule has 4 heterocycles. The Balaban J connectivity index is 1.86. The van der Waals surface area contributed by atoms with Crippen LogP contribution in [-0.2, 0) is 13.6 Å². The standard InChI is InChI=1S/C23H21FN6O2/c1-4-30-21-13-7-19(23(25)26-9-13)32-12(2)16-8-14(24)5-6-15(16)20-18(11-29(3)28-20)22(31)17(21)10-27-30/h5-12H,4H2,1-3H3,(H2,25,26)/t12-/m1/s1. The van der Waals surface area contributed by atoms with Crippen LogP contribution in [0.2, 0.25) is 0 Å². The van der Waals surface area contributed by atoms with E-state index >= 15 is 0 Å². The SMILES string of the molecule is CCn1ncc2c1-c1cnc(N)c(c1)O[C@H](C)c1cc(F)ccc1-c1nn(C)cc1C2=O. The van der Waals surface area contributed by atoms with Crippen LogP contribution in [0.4, 0.5) is 10.2 Å². The van der Waals surface area contributed by atoms with E-state index in [-0.39, 0.29) is 11.6 Å². The minimum Gasteiger partial charge on any atom is -0.482 e. The predicted octanol–water partition coefficient (Wildman–Crippen LogP) is 3.77. The topological polar surface area (TPSA) is 101 Å². The molecule has 0 radical (unpaired) electrons. The van der Waals surface area contributed by atoms with Gasteiger partial charge in [-0.25, -0.2) is 9.37 Å². The summed E-state index contributed by atoms with van der Waals surface area (Å²) in [7, 11) is 1.74. The molecule has 1 aromatic carbocycles. The van der Waals surface area contributed by atoms with Gasteiger partial charge in [0.1, 0.15) is 17.6 Å². The van der Waals surface area contributed by atoms with E-state index in [1.807, 2.05) is 6.92 Å². The second-order valence-electron chi connectivity index (χ2n) is 7.72. The third-order valence-electron chi connectivity index (χ3n) is 5.62. The lowest BCUT2D eigenvalue weighted by molar-refractivity contribution is 0.103. The number of nitrogens with zero attached hydrogens (tertiary/aromatic N) is 5. The summed E-state index contributed by atoms with van der Waals surface area (Å²) in [5, 5.41) is 8.94. The molecule has 1 atom stereocenters. The number of carbonyl (C=O) groups excluding carboxylic acids is 1. The molecule has 4 aromatic rings. The minimum atomic E-state index is -0.583. The maximum Gasteiger partial charge on any atom is 0.200 e. The van der Waals surface area contributed by atoms with Crippen molar-refractivity contribution in [3.63, 3.8) is 0 Å². The number of ketones is 1. The Morgan fingerprint density at radius 1 is 1.19 bits per heavy atom. The first-order valence-electron chi connectivity index (χ1n) is 10.2. The Kier molecular flexibility index (Phi) is 4.54. The van der Waals surface area contributed by atoms with Gasteiger partial charge < -0.3 is 10.5 Å². The minimum absolute atomic E-state index is 0.199. The number of ether oxygens (including phenoxy) is 1. The summed E-state index contributed by atoms with van der Waals surface area (Å²) in [5.41, 5.74) is 9.77. The van der Waals surface area contributed by atoms with Crippen LogP contribution in [0, 0.1) is 5.82 Å². The lowest BCUT2D eigenvalue weighted by Crippen LogP contribution is -2.11. The van der Waals surface area contributed by atoms with Crippen molar-refractivity contribution >= 4 is 11.6 Å². The van der Waals surface area contributed by atoms with E-state index in [0.717, 1.165) is 0 Å². The van der Waals surface area contributed by atoms with Gasteiger partial charge in [-0.15, -0.1) is 0 Å². The number of hydrogen-bond acceptors (Lipinski definition) is 6. The summed E-state index contributed by atoms with van der Waals surface area (Å²) < 4.78 is 23.7. The molecule has 0 fully saturated rings. The number of hydrogen-bond donors (Lipinski definition) is 1. The number of carbonyl (C=O) groups is 1.